The lowest BCUT2D eigenvalue weighted by Gasteiger charge is -1.98. The van der Waals surface area contributed by atoms with E-state index in [4.69, 9.17) is 5.26 Å². The largest absolute Gasteiger partial charge is 0.354 e. The molecular weight excluding hydrogens is 195 g/mol. The monoisotopic (exact) mass is 204 g/mol. The Morgan fingerprint density at radius 1 is 1.53 bits per heavy atom. The standard InChI is InChI=1S/C11H9FN2O/c1-14-11(15)9(7-13)6-8-4-2-3-5-10(8)12/h2-6H,1H3,(H,14,15)/b9-6-. The Kier molecular flexibility index (Phi) is 3.58. The maximum absolute atomic E-state index is 13.2. The number of halogens is 1. The second-order valence-corrected chi connectivity index (χ2v) is 2.77. The van der Waals surface area contributed by atoms with Crippen molar-refractivity contribution in [1.82, 2.24) is 5.32 Å². The Morgan fingerprint density at radius 2 is 2.20 bits per heavy atom. The molecule has 0 saturated heterocycles. The van der Waals surface area contributed by atoms with E-state index in [1.807, 2.05) is 0 Å². The molecule has 0 fully saturated rings. The molecule has 0 heterocycles. The molecule has 4 heteroatoms. The van der Waals surface area contributed by atoms with Crippen LogP contribution in [-0.4, -0.2) is 13.0 Å². The van der Waals surface area contributed by atoms with E-state index < -0.39 is 11.7 Å². The molecule has 0 aliphatic heterocycles. The minimum atomic E-state index is -0.527. The second-order valence-electron chi connectivity index (χ2n) is 2.77. The number of hydrogen-bond donors (Lipinski definition) is 1. The third-order valence-electron chi connectivity index (χ3n) is 1.80. The maximum atomic E-state index is 13.2. The number of likely N-dealkylation sites (N-methyl/N-ethyl adjacent to an activating group) is 1. The van der Waals surface area contributed by atoms with Gasteiger partial charge in [0, 0.05) is 12.6 Å². The van der Waals surface area contributed by atoms with Gasteiger partial charge in [-0.3, -0.25) is 4.79 Å². The number of nitriles is 1. The molecule has 0 saturated carbocycles. The van der Waals surface area contributed by atoms with E-state index in [1.165, 1.54) is 25.3 Å². The molecule has 15 heavy (non-hydrogen) atoms. The first-order valence-corrected chi connectivity index (χ1v) is 4.27. The number of carbonyl (C=O) groups is 1. The van der Waals surface area contributed by atoms with Gasteiger partial charge < -0.3 is 5.32 Å². The SMILES string of the molecule is CNC(=O)/C(C#N)=C\c1ccccc1F. The van der Waals surface area contributed by atoms with Crippen LogP contribution in [0.15, 0.2) is 29.8 Å². The highest BCUT2D eigenvalue weighted by Crippen LogP contribution is 2.11. The van der Waals surface area contributed by atoms with Crippen molar-refractivity contribution in [2.75, 3.05) is 7.05 Å². The molecular formula is C11H9FN2O. The minimum Gasteiger partial charge on any atom is -0.354 e. The number of benzene rings is 1. The maximum Gasteiger partial charge on any atom is 0.261 e. The molecule has 0 unspecified atom stereocenters. The van der Waals surface area contributed by atoms with Gasteiger partial charge in [-0.25, -0.2) is 4.39 Å². The van der Waals surface area contributed by atoms with Gasteiger partial charge in [0.2, 0.25) is 0 Å². The summed E-state index contributed by atoms with van der Waals surface area (Å²) < 4.78 is 13.2. The summed E-state index contributed by atoms with van der Waals surface area (Å²) >= 11 is 0. The molecule has 76 valence electrons. The molecule has 0 aliphatic carbocycles. The number of carbonyl (C=O) groups excluding carboxylic acids is 1. The van der Waals surface area contributed by atoms with E-state index in [0.717, 1.165) is 0 Å². The van der Waals surface area contributed by atoms with Gasteiger partial charge in [-0.1, -0.05) is 18.2 Å². The summed E-state index contributed by atoms with van der Waals surface area (Å²) in [4.78, 5) is 11.1. The minimum absolute atomic E-state index is 0.123. The fraction of sp³-hybridized carbons (Fsp3) is 0.0909. The van der Waals surface area contributed by atoms with Gasteiger partial charge in [0.25, 0.3) is 5.91 Å². The molecule has 0 aliphatic rings. The van der Waals surface area contributed by atoms with Crippen LogP contribution in [0.3, 0.4) is 0 Å². The van der Waals surface area contributed by atoms with Crippen LogP contribution < -0.4 is 5.32 Å². The predicted octanol–water partition coefficient (Wildman–Crippen LogP) is 1.48. The molecule has 0 spiro atoms. The van der Waals surface area contributed by atoms with Gasteiger partial charge in [0.1, 0.15) is 17.5 Å². The van der Waals surface area contributed by atoms with Crippen molar-refractivity contribution in [3.8, 4) is 6.07 Å². The van der Waals surface area contributed by atoms with Crippen LogP contribution in [0.2, 0.25) is 0 Å². The van der Waals surface area contributed by atoms with Gasteiger partial charge >= 0.3 is 0 Å². The van der Waals surface area contributed by atoms with E-state index in [0.29, 0.717) is 0 Å². The lowest BCUT2D eigenvalue weighted by Crippen LogP contribution is -2.19. The van der Waals surface area contributed by atoms with Crippen molar-refractivity contribution in [2.24, 2.45) is 0 Å². The normalized spacial score (nSPS) is 10.6. The van der Waals surface area contributed by atoms with Crippen LogP contribution in [0.25, 0.3) is 6.08 Å². The van der Waals surface area contributed by atoms with E-state index >= 15 is 0 Å². The summed E-state index contributed by atoms with van der Waals surface area (Å²) in [7, 11) is 1.41. The summed E-state index contributed by atoms with van der Waals surface area (Å²) in [5, 5.41) is 11.0. The van der Waals surface area contributed by atoms with Crippen LogP contribution in [0.1, 0.15) is 5.56 Å². The summed E-state index contributed by atoms with van der Waals surface area (Å²) in [5.41, 5.74) is 0.0975. The van der Waals surface area contributed by atoms with Crippen molar-refractivity contribution >= 4 is 12.0 Å². The third-order valence-corrected chi connectivity index (χ3v) is 1.80. The topological polar surface area (TPSA) is 52.9 Å². The van der Waals surface area contributed by atoms with Gasteiger partial charge in [-0.15, -0.1) is 0 Å². The molecule has 1 aromatic carbocycles. The molecule has 1 aromatic rings. The Balaban J connectivity index is 3.11. The van der Waals surface area contributed by atoms with E-state index in [-0.39, 0.29) is 11.1 Å². The number of nitrogens with one attached hydrogen (secondary N) is 1. The van der Waals surface area contributed by atoms with Crippen molar-refractivity contribution in [3.63, 3.8) is 0 Å². The number of rotatable bonds is 2. The van der Waals surface area contributed by atoms with Gasteiger partial charge in [-0.05, 0) is 12.1 Å². The first-order chi connectivity index (χ1) is 7.19. The average Bonchev–Trinajstić information content (AvgIpc) is 2.27. The highest BCUT2D eigenvalue weighted by molar-refractivity contribution is 6.01. The van der Waals surface area contributed by atoms with E-state index in [1.54, 1.807) is 18.2 Å². The van der Waals surface area contributed by atoms with E-state index in [9.17, 15) is 9.18 Å². The zero-order chi connectivity index (χ0) is 11.3. The fourth-order valence-corrected chi connectivity index (χ4v) is 1.03. The van der Waals surface area contributed by atoms with Crippen LogP contribution >= 0.6 is 0 Å². The highest BCUT2D eigenvalue weighted by Gasteiger charge is 2.07. The predicted molar refractivity (Wildman–Crippen MR) is 54.1 cm³/mol. The van der Waals surface area contributed by atoms with Gasteiger partial charge in [0.15, 0.2) is 0 Å². The van der Waals surface area contributed by atoms with Crippen LogP contribution in [0.4, 0.5) is 4.39 Å². The van der Waals surface area contributed by atoms with Crippen LogP contribution in [0.5, 0.6) is 0 Å². The molecule has 3 nitrogen and oxygen atoms in total. The Morgan fingerprint density at radius 3 is 2.73 bits per heavy atom. The molecule has 1 N–H and O–H groups in total. The lowest BCUT2D eigenvalue weighted by atomic mass is 10.1. The van der Waals surface area contributed by atoms with Gasteiger partial charge in [-0.2, -0.15) is 5.26 Å². The highest BCUT2D eigenvalue weighted by atomic mass is 19.1. The zero-order valence-electron chi connectivity index (χ0n) is 8.12. The lowest BCUT2D eigenvalue weighted by molar-refractivity contribution is -0.116. The summed E-state index contributed by atoms with van der Waals surface area (Å²) in [5.74, 6) is -0.991. The zero-order valence-corrected chi connectivity index (χ0v) is 8.12. The van der Waals surface area contributed by atoms with Crippen molar-refractivity contribution in [3.05, 3.63) is 41.2 Å². The number of amides is 1. The molecule has 1 rings (SSSR count). The first-order valence-electron chi connectivity index (χ1n) is 4.27. The Hall–Kier alpha value is -2.15. The van der Waals surface area contributed by atoms with Crippen molar-refractivity contribution < 1.29 is 9.18 Å². The summed E-state index contributed by atoms with van der Waals surface area (Å²) in [6.07, 6.45) is 1.22. The summed E-state index contributed by atoms with van der Waals surface area (Å²) in [6, 6.07) is 7.65. The van der Waals surface area contributed by atoms with Crippen molar-refractivity contribution in [2.45, 2.75) is 0 Å². The Labute approximate surface area is 86.8 Å². The molecule has 0 radical (unpaired) electrons. The van der Waals surface area contributed by atoms with Crippen LogP contribution in [0, 0.1) is 17.1 Å². The second kappa shape index (κ2) is 4.91. The third kappa shape index (κ3) is 2.64. The molecule has 1 amide bonds. The average molecular weight is 204 g/mol. The first kappa shape index (κ1) is 10.9. The Bertz CT molecular complexity index is 446. The fourth-order valence-electron chi connectivity index (χ4n) is 1.03. The number of nitrogens with zero attached hydrogens (tertiary/aromatic N) is 1. The number of hydrogen-bond acceptors (Lipinski definition) is 2. The van der Waals surface area contributed by atoms with Crippen LogP contribution in [-0.2, 0) is 4.79 Å². The van der Waals surface area contributed by atoms with Crippen molar-refractivity contribution in [1.29, 1.82) is 5.26 Å². The molecule has 0 bridgehead atoms. The van der Waals surface area contributed by atoms with E-state index in [2.05, 4.69) is 5.32 Å². The van der Waals surface area contributed by atoms with Gasteiger partial charge in [0.05, 0.1) is 0 Å². The molecule has 0 atom stereocenters. The quantitative estimate of drug-likeness (QED) is 0.586. The smallest absolute Gasteiger partial charge is 0.261 e. The summed E-state index contributed by atoms with van der Waals surface area (Å²) in [6.45, 7) is 0. The molecule has 0 aromatic heterocycles.